The van der Waals surface area contributed by atoms with Crippen LogP contribution in [0.4, 0.5) is 5.69 Å². The number of ether oxygens (including phenoxy) is 2. The second-order valence-electron chi connectivity index (χ2n) is 4.83. The van der Waals surface area contributed by atoms with Crippen molar-refractivity contribution in [2.75, 3.05) is 38.8 Å². The van der Waals surface area contributed by atoms with Crippen LogP contribution in [0.5, 0.6) is 11.5 Å². The molecule has 5 nitrogen and oxygen atoms in total. The summed E-state index contributed by atoms with van der Waals surface area (Å²) >= 11 is 0. The predicted molar refractivity (Wildman–Crippen MR) is 75.2 cm³/mol. The van der Waals surface area contributed by atoms with E-state index in [1.54, 1.807) is 14.2 Å². The summed E-state index contributed by atoms with van der Waals surface area (Å²) in [4.78, 5) is 2.26. The predicted octanol–water partition coefficient (Wildman–Crippen LogP) is 0.863. The van der Waals surface area contributed by atoms with Gasteiger partial charge in [-0.25, -0.2) is 0 Å². The van der Waals surface area contributed by atoms with Crippen LogP contribution in [0.3, 0.4) is 0 Å². The van der Waals surface area contributed by atoms with E-state index in [1.165, 1.54) is 0 Å². The van der Waals surface area contributed by atoms with E-state index < -0.39 is 0 Å². The number of aliphatic hydroxyl groups excluding tert-OH is 1. The Hall–Kier alpha value is -1.46. The van der Waals surface area contributed by atoms with E-state index in [-0.39, 0.29) is 12.6 Å². The van der Waals surface area contributed by atoms with Crippen molar-refractivity contribution in [3.63, 3.8) is 0 Å². The summed E-state index contributed by atoms with van der Waals surface area (Å²) in [5.41, 5.74) is 1.04. The third-order valence-electron chi connectivity index (χ3n) is 3.57. The van der Waals surface area contributed by atoms with Gasteiger partial charge in [0.2, 0.25) is 0 Å². The van der Waals surface area contributed by atoms with Crippen molar-refractivity contribution in [3.8, 4) is 11.5 Å². The summed E-state index contributed by atoms with van der Waals surface area (Å²) in [5, 5.41) is 12.6. The summed E-state index contributed by atoms with van der Waals surface area (Å²) in [6, 6.07) is 6.28. The molecule has 1 saturated heterocycles. The Balaban J connectivity index is 2.28. The molecular weight excluding hydrogens is 244 g/mol. The van der Waals surface area contributed by atoms with E-state index in [1.807, 2.05) is 18.2 Å². The van der Waals surface area contributed by atoms with Crippen LogP contribution in [0.1, 0.15) is 6.92 Å². The quantitative estimate of drug-likeness (QED) is 0.846. The fraction of sp³-hybridized carbons (Fsp3) is 0.571. The molecule has 19 heavy (non-hydrogen) atoms. The van der Waals surface area contributed by atoms with Gasteiger partial charge in [-0.05, 0) is 19.1 Å². The lowest BCUT2D eigenvalue weighted by atomic mass is 10.1. The van der Waals surface area contributed by atoms with Crippen LogP contribution < -0.4 is 19.7 Å². The van der Waals surface area contributed by atoms with Gasteiger partial charge >= 0.3 is 0 Å². The highest BCUT2D eigenvalue weighted by molar-refractivity contribution is 5.62. The Morgan fingerprint density at radius 3 is 2.79 bits per heavy atom. The van der Waals surface area contributed by atoms with Crippen molar-refractivity contribution < 1.29 is 14.6 Å². The fourth-order valence-electron chi connectivity index (χ4n) is 2.41. The Kier molecular flexibility index (Phi) is 4.50. The van der Waals surface area contributed by atoms with E-state index in [0.717, 1.165) is 30.3 Å². The maximum atomic E-state index is 9.31. The zero-order chi connectivity index (χ0) is 13.8. The number of benzene rings is 1. The molecule has 1 heterocycles. The molecule has 0 bridgehead atoms. The molecule has 0 saturated carbocycles. The Morgan fingerprint density at radius 2 is 2.16 bits per heavy atom. The minimum Gasteiger partial charge on any atom is -0.497 e. The second kappa shape index (κ2) is 6.12. The second-order valence-corrected chi connectivity index (χ2v) is 4.83. The van der Waals surface area contributed by atoms with Gasteiger partial charge in [0.1, 0.15) is 11.5 Å². The molecule has 1 aliphatic heterocycles. The van der Waals surface area contributed by atoms with Crippen LogP contribution in [0.25, 0.3) is 0 Å². The SMILES string of the molecule is COc1ccc(N2CC(CO)NCC2C)c(OC)c1. The van der Waals surface area contributed by atoms with Gasteiger partial charge in [-0.3, -0.25) is 0 Å². The Bertz CT molecular complexity index is 425. The first kappa shape index (κ1) is 14.0. The lowest BCUT2D eigenvalue weighted by Gasteiger charge is -2.40. The van der Waals surface area contributed by atoms with Crippen LogP contribution >= 0.6 is 0 Å². The van der Waals surface area contributed by atoms with E-state index in [9.17, 15) is 5.11 Å². The normalized spacial score (nSPS) is 23.3. The van der Waals surface area contributed by atoms with Crippen molar-refractivity contribution >= 4 is 5.69 Å². The van der Waals surface area contributed by atoms with Crippen molar-refractivity contribution in [1.29, 1.82) is 0 Å². The number of hydrogen-bond acceptors (Lipinski definition) is 5. The Labute approximate surface area is 114 Å². The average molecular weight is 266 g/mol. The molecule has 1 aromatic rings. The molecule has 1 aliphatic rings. The van der Waals surface area contributed by atoms with E-state index >= 15 is 0 Å². The van der Waals surface area contributed by atoms with E-state index in [0.29, 0.717) is 6.04 Å². The zero-order valence-electron chi connectivity index (χ0n) is 11.7. The molecule has 0 aliphatic carbocycles. The summed E-state index contributed by atoms with van der Waals surface area (Å²) in [6.07, 6.45) is 0. The molecule has 2 rings (SSSR count). The molecule has 2 atom stereocenters. The van der Waals surface area contributed by atoms with E-state index in [2.05, 4.69) is 17.1 Å². The first-order chi connectivity index (χ1) is 9.19. The lowest BCUT2D eigenvalue weighted by Crippen LogP contribution is -2.56. The number of hydrogen-bond donors (Lipinski definition) is 2. The molecule has 0 spiro atoms. The van der Waals surface area contributed by atoms with Crippen LogP contribution in [-0.4, -0.2) is 51.1 Å². The minimum absolute atomic E-state index is 0.100. The standard InChI is InChI=1S/C14H22N2O3/c1-10-7-15-11(9-17)8-16(10)13-5-4-12(18-2)6-14(13)19-3/h4-6,10-11,15,17H,7-9H2,1-3H3. The fourth-order valence-corrected chi connectivity index (χ4v) is 2.41. The molecule has 1 fully saturated rings. The van der Waals surface area contributed by atoms with Crippen LogP contribution in [0, 0.1) is 0 Å². The maximum absolute atomic E-state index is 9.31. The number of piperazine rings is 1. The third kappa shape index (κ3) is 2.93. The highest BCUT2D eigenvalue weighted by Crippen LogP contribution is 2.34. The van der Waals surface area contributed by atoms with Gasteiger partial charge in [-0.1, -0.05) is 0 Å². The van der Waals surface area contributed by atoms with Gasteiger partial charge in [0.25, 0.3) is 0 Å². The van der Waals surface area contributed by atoms with E-state index in [4.69, 9.17) is 9.47 Å². The lowest BCUT2D eigenvalue weighted by molar-refractivity contribution is 0.227. The number of methoxy groups -OCH3 is 2. The summed E-state index contributed by atoms with van der Waals surface area (Å²) in [7, 11) is 3.30. The number of nitrogens with zero attached hydrogens (tertiary/aromatic N) is 1. The molecule has 5 heteroatoms. The maximum Gasteiger partial charge on any atom is 0.145 e. The summed E-state index contributed by atoms with van der Waals surface area (Å²) in [6.45, 7) is 3.91. The van der Waals surface area contributed by atoms with Gasteiger partial charge in [-0.2, -0.15) is 0 Å². The van der Waals surface area contributed by atoms with Gasteiger partial charge in [0.15, 0.2) is 0 Å². The topological polar surface area (TPSA) is 54.0 Å². The first-order valence-corrected chi connectivity index (χ1v) is 6.52. The average Bonchev–Trinajstić information content (AvgIpc) is 2.47. The molecule has 1 aromatic carbocycles. The van der Waals surface area contributed by atoms with Crippen molar-refractivity contribution in [1.82, 2.24) is 5.32 Å². The van der Waals surface area contributed by atoms with Gasteiger partial charge in [0, 0.05) is 31.2 Å². The largest absolute Gasteiger partial charge is 0.497 e. The molecule has 2 unspecified atom stereocenters. The van der Waals surface area contributed by atoms with Crippen LogP contribution in [-0.2, 0) is 0 Å². The van der Waals surface area contributed by atoms with Gasteiger partial charge in [-0.15, -0.1) is 0 Å². The highest BCUT2D eigenvalue weighted by atomic mass is 16.5. The van der Waals surface area contributed by atoms with Crippen LogP contribution in [0.15, 0.2) is 18.2 Å². The van der Waals surface area contributed by atoms with Crippen LogP contribution in [0.2, 0.25) is 0 Å². The molecular formula is C14H22N2O3. The smallest absolute Gasteiger partial charge is 0.145 e. The molecule has 2 N–H and O–H groups in total. The molecule has 0 amide bonds. The highest BCUT2D eigenvalue weighted by Gasteiger charge is 2.26. The third-order valence-corrected chi connectivity index (χ3v) is 3.57. The number of aliphatic hydroxyl groups is 1. The summed E-state index contributed by atoms with van der Waals surface area (Å²) in [5.74, 6) is 1.58. The minimum atomic E-state index is 0.100. The first-order valence-electron chi connectivity index (χ1n) is 6.52. The van der Waals surface area contributed by atoms with Crippen molar-refractivity contribution in [3.05, 3.63) is 18.2 Å². The van der Waals surface area contributed by atoms with Gasteiger partial charge < -0.3 is 24.8 Å². The number of anilines is 1. The Morgan fingerprint density at radius 1 is 1.37 bits per heavy atom. The molecule has 0 aromatic heterocycles. The number of rotatable bonds is 4. The molecule has 106 valence electrons. The number of nitrogens with one attached hydrogen (secondary N) is 1. The van der Waals surface area contributed by atoms with Gasteiger partial charge in [0.05, 0.1) is 26.5 Å². The van der Waals surface area contributed by atoms with Crippen molar-refractivity contribution in [2.45, 2.75) is 19.0 Å². The molecule has 0 radical (unpaired) electrons. The zero-order valence-corrected chi connectivity index (χ0v) is 11.7. The monoisotopic (exact) mass is 266 g/mol. The summed E-state index contributed by atoms with van der Waals surface area (Å²) < 4.78 is 10.7. The van der Waals surface area contributed by atoms with Crippen molar-refractivity contribution in [2.24, 2.45) is 0 Å².